The molecular formula is C18H15N5O4S3. The smallest absolute Gasteiger partial charge is 0.348 e. The first-order chi connectivity index (χ1) is 14.4. The van der Waals surface area contributed by atoms with Gasteiger partial charge < -0.3 is 10.1 Å². The van der Waals surface area contributed by atoms with Crippen LogP contribution in [0.4, 0.5) is 16.6 Å². The van der Waals surface area contributed by atoms with Gasteiger partial charge in [0.25, 0.3) is 10.0 Å². The van der Waals surface area contributed by atoms with Crippen molar-refractivity contribution >= 4 is 65.5 Å². The van der Waals surface area contributed by atoms with Gasteiger partial charge in [-0.15, -0.1) is 22.7 Å². The molecule has 3 aromatic heterocycles. The van der Waals surface area contributed by atoms with Crippen LogP contribution in [0.25, 0.3) is 10.2 Å². The normalized spacial score (nSPS) is 11.4. The lowest BCUT2D eigenvalue weighted by Crippen LogP contribution is -2.12. The first-order valence-electron chi connectivity index (χ1n) is 8.51. The van der Waals surface area contributed by atoms with Crippen LogP contribution in [0.3, 0.4) is 0 Å². The standard InChI is InChI=1S/C18H15N5O4S3/c1-10-13-15(20-9-21-16(13)29-14(10)17(24)27-2)22-11-3-5-12(6-4-11)30(25,26)23-18-19-7-8-28-18/h3-9H,1-2H3,(H,19,23)(H,20,21,22). The first-order valence-corrected chi connectivity index (χ1v) is 11.7. The zero-order chi connectivity index (χ0) is 21.3. The Hall–Kier alpha value is -3.09. The molecule has 4 aromatic rings. The Bertz CT molecular complexity index is 1320. The van der Waals surface area contributed by atoms with Crippen LogP contribution in [0.2, 0.25) is 0 Å². The van der Waals surface area contributed by atoms with Gasteiger partial charge in [-0.3, -0.25) is 4.72 Å². The number of esters is 1. The highest BCUT2D eigenvalue weighted by Crippen LogP contribution is 2.34. The van der Waals surface area contributed by atoms with E-state index in [1.54, 1.807) is 24.4 Å². The van der Waals surface area contributed by atoms with Gasteiger partial charge in [-0.05, 0) is 36.8 Å². The maximum absolute atomic E-state index is 12.5. The van der Waals surface area contributed by atoms with Crippen LogP contribution in [0.15, 0.2) is 47.1 Å². The molecule has 0 aliphatic heterocycles. The largest absolute Gasteiger partial charge is 0.465 e. The van der Waals surface area contributed by atoms with Crippen molar-refractivity contribution in [3.63, 3.8) is 0 Å². The maximum atomic E-state index is 12.5. The molecular weight excluding hydrogens is 446 g/mol. The van der Waals surface area contributed by atoms with Gasteiger partial charge in [0.05, 0.1) is 17.4 Å². The van der Waals surface area contributed by atoms with Crippen LogP contribution in [0.5, 0.6) is 0 Å². The minimum Gasteiger partial charge on any atom is -0.465 e. The second-order valence-corrected chi connectivity index (χ2v) is 9.62. The summed E-state index contributed by atoms with van der Waals surface area (Å²) in [7, 11) is -2.40. The van der Waals surface area contributed by atoms with E-state index in [4.69, 9.17) is 4.74 Å². The van der Waals surface area contributed by atoms with Gasteiger partial charge in [0, 0.05) is 17.3 Å². The SMILES string of the molecule is COC(=O)c1sc2ncnc(Nc3ccc(S(=O)(=O)Nc4nccs4)cc3)c2c1C. The molecule has 0 atom stereocenters. The molecule has 2 N–H and O–H groups in total. The molecule has 12 heteroatoms. The molecule has 0 spiro atoms. The van der Waals surface area contributed by atoms with Crippen molar-refractivity contribution < 1.29 is 17.9 Å². The van der Waals surface area contributed by atoms with Crippen LogP contribution in [-0.2, 0) is 14.8 Å². The van der Waals surface area contributed by atoms with Crippen molar-refractivity contribution in [1.29, 1.82) is 0 Å². The highest BCUT2D eigenvalue weighted by Gasteiger charge is 2.20. The summed E-state index contributed by atoms with van der Waals surface area (Å²) in [6.45, 7) is 1.81. The number of aryl methyl sites for hydroxylation is 1. The zero-order valence-electron chi connectivity index (χ0n) is 15.7. The number of fused-ring (bicyclic) bond motifs is 1. The molecule has 0 bridgehead atoms. The highest BCUT2D eigenvalue weighted by molar-refractivity contribution is 7.93. The zero-order valence-corrected chi connectivity index (χ0v) is 18.2. The molecule has 0 amide bonds. The number of nitrogens with zero attached hydrogens (tertiary/aromatic N) is 3. The number of anilines is 3. The van der Waals surface area contributed by atoms with Gasteiger partial charge in [0.2, 0.25) is 0 Å². The van der Waals surface area contributed by atoms with Crippen molar-refractivity contribution in [1.82, 2.24) is 15.0 Å². The summed E-state index contributed by atoms with van der Waals surface area (Å²) in [6, 6.07) is 6.23. The lowest BCUT2D eigenvalue weighted by Gasteiger charge is -2.09. The molecule has 0 fully saturated rings. The summed E-state index contributed by atoms with van der Waals surface area (Å²) in [6.07, 6.45) is 2.93. The fraction of sp³-hybridized carbons (Fsp3) is 0.111. The number of thiazole rings is 1. The Balaban J connectivity index is 1.61. The number of sulfonamides is 1. The van der Waals surface area contributed by atoms with Crippen molar-refractivity contribution in [2.24, 2.45) is 0 Å². The lowest BCUT2D eigenvalue weighted by molar-refractivity contribution is 0.0605. The van der Waals surface area contributed by atoms with Crippen LogP contribution in [0, 0.1) is 6.92 Å². The van der Waals surface area contributed by atoms with Crippen LogP contribution >= 0.6 is 22.7 Å². The maximum Gasteiger partial charge on any atom is 0.348 e. The van der Waals surface area contributed by atoms with E-state index < -0.39 is 16.0 Å². The Labute approximate surface area is 179 Å². The summed E-state index contributed by atoms with van der Waals surface area (Å²) >= 11 is 2.43. The quantitative estimate of drug-likeness (QED) is 0.416. The number of thiophene rings is 1. The fourth-order valence-electron chi connectivity index (χ4n) is 2.76. The molecule has 0 unspecified atom stereocenters. The van der Waals surface area contributed by atoms with E-state index in [0.717, 1.165) is 5.56 Å². The monoisotopic (exact) mass is 461 g/mol. The van der Waals surface area contributed by atoms with E-state index in [1.807, 2.05) is 0 Å². The predicted molar refractivity (Wildman–Crippen MR) is 116 cm³/mol. The molecule has 0 aliphatic rings. The topological polar surface area (TPSA) is 123 Å². The molecule has 3 heterocycles. The number of methoxy groups -OCH3 is 1. The molecule has 0 radical (unpaired) electrons. The molecule has 0 aliphatic carbocycles. The van der Waals surface area contributed by atoms with Crippen LogP contribution in [0.1, 0.15) is 15.2 Å². The van der Waals surface area contributed by atoms with Crippen LogP contribution in [-0.4, -0.2) is 36.4 Å². The second-order valence-electron chi connectivity index (χ2n) is 6.04. The number of carbonyl (C=O) groups excluding carboxylic acids is 1. The Morgan fingerprint density at radius 1 is 1.13 bits per heavy atom. The van der Waals surface area contributed by atoms with E-state index in [-0.39, 0.29) is 4.90 Å². The van der Waals surface area contributed by atoms with Gasteiger partial charge >= 0.3 is 5.97 Å². The van der Waals surface area contributed by atoms with Gasteiger partial charge in [-0.2, -0.15) is 0 Å². The summed E-state index contributed by atoms with van der Waals surface area (Å²) in [5.41, 5.74) is 1.35. The van der Waals surface area contributed by atoms with Gasteiger partial charge in [-0.1, -0.05) is 0 Å². The number of rotatable bonds is 6. The molecule has 154 valence electrons. The molecule has 0 saturated heterocycles. The Kier molecular flexibility index (Phi) is 5.37. The molecule has 4 rings (SSSR count). The second kappa shape index (κ2) is 7.97. The average molecular weight is 462 g/mol. The van der Waals surface area contributed by atoms with E-state index in [2.05, 4.69) is 25.0 Å². The molecule has 1 aromatic carbocycles. The minimum atomic E-state index is -3.73. The highest BCUT2D eigenvalue weighted by atomic mass is 32.2. The van der Waals surface area contributed by atoms with E-state index in [0.29, 0.717) is 31.7 Å². The Morgan fingerprint density at radius 2 is 1.90 bits per heavy atom. The third kappa shape index (κ3) is 3.84. The van der Waals surface area contributed by atoms with Crippen molar-refractivity contribution in [2.45, 2.75) is 11.8 Å². The molecule has 0 saturated carbocycles. The summed E-state index contributed by atoms with van der Waals surface area (Å²) in [5, 5.41) is 5.86. The van der Waals surface area contributed by atoms with E-state index in [1.165, 1.54) is 54.4 Å². The third-order valence-electron chi connectivity index (χ3n) is 4.18. The van der Waals surface area contributed by atoms with Crippen LogP contribution < -0.4 is 10.0 Å². The van der Waals surface area contributed by atoms with Crippen molar-refractivity contribution in [3.8, 4) is 0 Å². The molecule has 30 heavy (non-hydrogen) atoms. The number of benzene rings is 1. The number of hydrogen-bond donors (Lipinski definition) is 2. The number of ether oxygens (including phenoxy) is 1. The van der Waals surface area contributed by atoms with Gasteiger partial charge in [0.15, 0.2) is 5.13 Å². The first kappa shape index (κ1) is 20.2. The number of aromatic nitrogens is 3. The van der Waals surface area contributed by atoms with E-state index >= 15 is 0 Å². The molecule has 9 nitrogen and oxygen atoms in total. The predicted octanol–water partition coefficient (Wildman–Crippen LogP) is 3.79. The minimum absolute atomic E-state index is 0.107. The summed E-state index contributed by atoms with van der Waals surface area (Å²) in [4.78, 5) is 25.6. The Morgan fingerprint density at radius 3 is 2.57 bits per heavy atom. The third-order valence-corrected chi connectivity index (χ3v) is 7.53. The van der Waals surface area contributed by atoms with Gasteiger partial charge in [-0.25, -0.2) is 28.2 Å². The lowest BCUT2D eigenvalue weighted by atomic mass is 10.2. The summed E-state index contributed by atoms with van der Waals surface area (Å²) in [5.74, 6) is 0.0872. The van der Waals surface area contributed by atoms with Gasteiger partial charge in [0.1, 0.15) is 21.9 Å². The number of nitrogens with one attached hydrogen (secondary N) is 2. The van der Waals surface area contributed by atoms with E-state index in [9.17, 15) is 13.2 Å². The number of carbonyl (C=O) groups is 1. The average Bonchev–Trinajstić information content (AvgIpc) is 3.36. The number of hydrogen-bond acceptors (Lipinski definition) is 10. The summed E-state index contributed by atoms with van der Waals surface area (Å²) < 4.78 is 32.2. The van der Waals surface area contributed by atoms with Crippen molar-refractivity contribution in [3.05, 3.63) is 52.6 Å². The fourth-order valence-corrected chi connectivity index (χ4v) is 5.61. The van der Waals surface area contributed by atoms with Crippen molar-refractivity contribution in [2.75, 3.05) is 17.1 Å².